The van der Waals surface area contributed by atoms with Crippen molar-refractivity contribution >= 4 is 22.0 Å². The summed E-state index contributed by atoms with van der Waals surface area (Å²) in [5.74, 6) is -3.75. The number of alkyl halides is 6. The lowest BCUT2D eigenvalue weighted by Crippen LogP contribution is -2.20. The van der Waals surface area contributed by atoms with Crippen LogP contribution in [-0.4, -0.2) is 6.18 Å². The molecule has 2 aromatic carbocycles. The normalized spacial score (nSPS) is 14.0. The first-order valence-corrected chi connectivity index (χ1v) is 8.06. The summed E-state index contributed by atoms with van der Waals surface area (Å²) in [4.78, 5) is 0. The van der Waals surface area contributed by atoms with Gasteiger partial charge in [-0.05, 0) is 47.9 Å². The second kappa shape index (κ2) is 7.42. The molecule has 0 saturated heterocycles. The quantitative estimate of drug-likeness (QED) is 0.440. The summed E-state index contributed by atoms with van der Waals surface area (Å²) in [7, 11) is 0. The lowest BCUT2D eigenvalue weighted by molar-refractivity contribution is -0.142. The first-order valence-electron chi connectivity index (χ1n) is 7.26. The van der Waals surface area contributed by atoms with Crippen LogP contribution in [0.3, 0.4) is 0 Å². The Morgan fingerprint density at radius 2 is 1.62 bits per heavy atom. The van der Waals surface area contributed by atoms with Gasteiger partial charge in [0.1, 0.15) is 5.82 Å². The topological polar surface area (TPSA) is 0 Å². The van der Waals surface area contributed by atoms with E-state index in [2.05, 4.69) is 15.9 Å². The van der Waals surface area contributed by atoms with E-state index in [9.17, 15) is 30.7 Å². The van der Waals surface area contributed by atoms with Crippen LogP contribution in [0.4, 0.5) is 30.7 Å². The molecule has 1 atom stereocenters. The summed E-state index contributed by atoms with van der Waals surface area (Å²) < 4.78 is 92.5. The van der Waals surface area contributed by atoms with E-state index in [1.54, 1.807) is 25.1 Å². The molecule has 0 fully saturated rings. The Balaban J connectivity index is 2.47. The van der Waals surface area contributed by atoms with Crippen LogP contribution < -0.4 is 0 Å². The van der Waals surface area contributed by atoms with Crippen LogP contribution in [0.15, 0.2) is 46.9 Å². The van der Waals surface area contributed by atoms with Gasteiger partial charge in [-0.15, -0.1) is 0 Å². The summed E-state index contributed by atoms with van der Waals surface area (Å²) in [6.07, 6.45) is -7.97. The van der Waals surface area contributed by atoms with E-state index in [0.717, 1.165) is 11.6 Å². The van der Waals surface area contributed by atoms with Crippen LogP contribution in [0.25, 0.3) is 6.08 Å². The molecular weight excluding hydrogens is 429 g/mol. The summed E-state index contributed by atoms with van der Waals surface area (Å²) in [6, 6.07) is 5.76. The van der Waals surface area contributed by atoms with E-state index in [0.29, 0.717) is 28.2 Å². The molecule has 1 unspecified atom stereocenters. The van der Waals surface area contributed by atoms with Crippen molar-refractivity contribution in [2.24, 2.45) is 0 Å². The average Bonchev–Trinajstić information content (AvgIpc) is 2.48. The molecule has 0 aliphatic carbocycles. The maximum atomic E-state index is 13.5. The fourth-order valence-electron chi connectivity index (χ4n) is 2.28. The van der Waals surface area contributed by atoms with E-state index in [1.807, 2.05) is 0 Å². The number of halogens is 8. The molecule has 0 heterocycles. The summed E-state index contributed by atoms with van der Waals surface area (Å²) in [5.41, 5.74) is -0.987. The van der Waals surface area contributed by atoms with Crippen LogP contribution in [-0.2, 0) is 6.18 Å². The number of rotatable bonds is 3. The van der Waals surface area contributed by atoms with Gasteiger partial charge in [-0.25, -0.2) is 4.39 Å². The van der Waals surface area contributed by atoms with Crippen molar-refractivity contribution in [1.82, 2.24) is 0 Å². The van der Waals surface area contributed by atoms with Crippen LogP contribution in [0.5, 0.6) is 0 Å². The third kappa shape index (κ3) is 5.09. The van der Waals surface area contributed by atoms with Crippen molar-refractivity contribution in [3.05, 3.63) is 75.0 Å². The van der Waals surface area contributed by atoms with E-state index < -0.39 is 35.2 Å². The highest BCUT2D eigenvalue weighted by molar-refractivity contribution is 9.10. The third-order valence-corrected chi connectivity index (χ3v) is 4.49. The van der Waals surface area contributed by atoms with Crippen LogP contribution in [0.1, 0.15) is 28.2 Å². The van der Waals surface area contributed by atoms with E-state index in [4.69, 9.17) is 0 Å². The zero-order valence-corrected chi connectivity index (χ0v) is 14.8. The van der Waals surface area contributed by atoms with Gasteiger partial charge < -0.3 is 0 Å². The first kappa shape index (κ1) is 20.5. The Morgan fingerprint density at radius 3 is 2.15 bits per heavy atom. The van der Waals surface area contributed by atoms with Crippen LogP contribution in [0.2, 0.25) is 0 Å². The molecule has 140 valence electrons. The van der Waals surface area contributed by atoms with Gasteiger partial charge in [0.05, 0.1) is 11.5 Å². The van der Waals surface area contributed by atoms with Crippen LogP contribution >= 0.6 is 15.9 Å². The molecule has 0 N–H and O–H groups in total. The Kier molecular flexibility index (Phi) is 5.85. The van der Waals surface area contributed by atoms with Crippen molar-refractivity contribution in [3.63, 3.8) is 0 Å². The summed E-state index contributed by atoms with van der Waals surface area (Å²) in [5, 5.41) is 0. The van der Waals surface area contributed by atoms with Gasteiger partial charge in [0, 0.05) is 4.47 Å². The Labute approximate surface area is 153 Å². The summed E-state index contributed by atoms with van der Waals surface area (Å²) in [6.45, 7) is 1.79. The van der Waals surface area contributed by atoms with Gasteiger partial charge in [0.2, 0.25) is 0 Å². The van der Waals surface area contributed by atoms with Gasteiger partial charge in [0.25, 0.3) is 0 Å². The molecule has 0 saturated carbocycles. The molecule has 0 nitrogen and oxygen atoms in total. The van der Waals surface area contributed by atoms with Gasteiger partial charge in [-0.1, -0.05) is 40.2 Å². The van der Waals surface area contributed by atoms with Crippen molar-refractivity contribution < 1.29 is 30.7 Å². The smallest absolute Gasteiger partial charge is 0.207 e. The number of benzene rings is 2. The van der Waals surface area contributed by atoms with Crippen molar-refractivity contribution in [2.45, 2.75) is 25.2 Å². The number of aryl methyl sites for hydroxylation is 1. The molecule has 8 heteroatoms. The Hall–Kier alpha value is -1.83. The second-order valence-corrected chi connectivity index (χ2v) is 6.51. The molecule has 0 aliphatic heterocycles. The predicted octanol–water partition coefficient (Wildman–Crippen LogP) is 7.27. The fourth-order valence-corrected chi connectivity index (χ4v) is 2.68. The standard InChI is InChI=1S/C18H12BrF7/c1-10-2-3-11(6-16(10)19)4-5-15(18(24,25)26)12-7-13(17(21,22)23)9-14(20)8-12/h2-9,15H,1H3/b5-4+. The Bertz CT molecular complexity index is 819. The zero-order valence-electron chi connectivity index (χ0n) is 13.2. The van der Waals surface area contributed by atoms with Gasteiger partial charge in [0.15, 0.2) is 0 Å². The lowest BCUT2D eigenvalue weighted by atomic mass is 9.95. The highest BCUT2D eigenvalue weighted by atomic mass is 79.9. The highest BCUT2D eigenvalue weighted by Gasteiger charge is 2.40. The van der Waals surface area contributed by atoms with Gasteiger partial charge >= 0.3 is 12.4 Å². The number of allylic oxidation sites excluding steroid dienone is 1. The largest absolute Gasteiger partial charge is 0.416 e. The molecule has 2 aromatic rings. The molecule has 0 aromatic heterocycles. The molecule has 0 amide bonds. The SMILES string of the molecule is Cc1ccc(/C=C/C(c2cc(F)cc(C(F)(F)F)c2)C(F)(F)F)cc1Br. The van der Waals surface area contributed by atoms with E-state index in [-0.39, 0.29) is 6.07 Å². The highest BCUT2D eigenvalue weighted by Crippen LogP contribution is 2.39. The van der Waals surface area contributed by atoms with Crippen molar-refractivity contribution in [2.75, 3.05) is 0 Å². The maximum Gasteiger partial charge on any atom is 0.416 e. The molecule has 0 spiro atoms. The lowest BCUT2D eigenvalue weighted by Gasteiger charge is -2.19. The van der Waals surface area contributed by atoms with Crippen molar-refractivity contribution in [1.29, 1.82) is 0 Å². The monoisotopic (exact) mass is 440 g/mol. The molecule has 26 heavy (non-hydrogen) atoms. The molecular formula is C18H12BrF7. The molecule has 0 bridgehead atoms. The number of hydrogen-bond donors (Lipinski definition) is 0. The minimum Gasteiger partial charge on any atom is -0.207 e. The molecule has 0 aliphatic rings. The summed E-state index contributed by atoms with van der Waals surface area (Å²) >= 11 is 3.25. The first-order chi connectivity index (χ1) is 11.9. The fraction of sp³-hybridized carbons (Fsp3) is 0.222. The van der Waals surface area contributed by atoms with Gasteiger partial charge in [-0.2, -0.15) is 26.3 Å². The predicted molar refractivity (Wildman–Crippen MR) is 88.1 cm³/mol. The average molecular weight is 441 g/mol. The minimum absolute atomic E-state index is 0.164. The molecule has 0 radical (unpaired) electrons. The van der Waals surface area contributed by atoms with Crippen LogP contribution in [0, 0.1) is 12.7 Å². The molecule has 2 rings (SSSR count). The second-order valence-electron chi connectivity index (χ2n) is 5.66. The third-order valence-electron chi connectivity index (χ3n) is 3.64. The van der Waals surface area contributed by atoms with E-state index in [1.165, 1.54) is 0 Å². The van der Waals surface area contributed by atoms with Crippen molar-refractivity contribution in [3.8, 4) is 0 Å². The van der Waals surface area contributed by atoms with E-state index >= 15 is 0 Å². The zero-order chi connectivity index (χ0) is 19.7. The minimum atomic E-state index is -4.95. The van der Waals surface area contributed by atoms with Gasteiger partial charge in [-0.3, -0.25) is 0 Å². The number of hydrogen-bond acceptors (Lipinski definition) is 0. The Morgan fingerprint density at radius 1 is 0.962 bits per heavy atom. The maximum absolute atomic E-state index is 13.5.